The zero-order valence-electron chi connectivity index (χ0n) is 13.1. The van der Waals surface area contributed by atoms with Gasteiger partial charge in [0.25, 0.3) is 0 Å². The van der Waals surface area contributed by atoms with Crippen LogP contribution in [0.3, 0.4) is 0 Å². The zero-order valence-corrected chi connectivity index (χ0v) is 13.1. The molecule has 3 atom stereocenters. The molecule has 21 heavy (non-hydrogen) atoms. The molecule has 0 bridgehead atoms. The number of ether oxygens (including phenoxy) is 1. The molecule has 116 valence electrons. The molecule has 3 heteroatoms. The van der Waals surface area contributed by atoms with Gasteiger partial charge in [0.2, 0.25) is 0 Å². The Kier molecular flexibility index (Phi) is 5.28. The van der Waals surface area contributed by atoms with Gasteiger partial charge in [0.15, 0.2) is 0 Å². The molecule has 0 amide bonds. The minimum Gasteiger partial charge on any atom is -0.378 e. The molecule has 2 aliphatic rings. The Bertz CT molecular complexity index is 422. The minimum atomic E-state index is 0.493. The number of rotatable bonds is 5. The average Bonchev–Trinajstić information content (AvgIpc) is 2.96. The van der Waals surface area contributed by atoms with E-state index in [0.717, 1.165) is 31.9 Å². The van der Waals surface area contributed by atoms with Gasteiger partial charge in [-0.15, -0.1) is 0 Å². The molecule has 0 spiro atoms. The molecule has 2 saturated heterocycles. The zero-order chi connectivity index (χ0) is 14.5. The molecule has 0 aromatic heterocycles. The number of hydrogen-bond acceptors (Lipinski definition) is 3. The maximum absolute atomic E-state index is 5.84. The van der Waals surface area contributed by atoms with Crippen molar-refractivity contribution in [3.8, 4) is 0 Å². The van der Waals surface area contributed by atoms with E-state index in [9.17, 15) is 0 Å². The van der Waals surface area contributed by atoms with Gasteiger partial charge in [-0.3, -0.25) is 0 Å². The van der Waals surface area contributed by atoms with Crippen LogP contribution in [0, 0.1) is 5.92 Å². The average molecular weight is 288 g/mol. The lowest BCUT2D eigenvalue weighted by molar-refractivity contribution is 0.0705. The van der Waals surface area contributed by atoms with Gasteiger partial charge < -0.3 is 15.0 Å². The standard InChI is InChI=1S/C18H28N2O/c1-2-18-16(8-11-21-18)13-20-10-9-19-17(14-20)12-15-6-4-3-5-7-15/h3-7,16-19H,2,8-14H2,1H3. The van der Waals surface area contributed by atoms with Crippen LogP contribution in [0.1, 0.15) is 25.3 Å². The lowest BCUT2D eigenvalue weighted by Gasteiger charge is -2.36. The number of benzene rings is 1. The maximum Gasteiger partial charge on any atom is 0.0613 e. The summed E-state index contributed by atoms with van der Waals surface area (Å²) in [6.07, 6.45) is 4.03. The first-order chi connectivity index (χ1) is 10.3. The van der Waals surface area contributed by atoms with E-state index < -0.39 is 0 Å². The Morgan fingerprint density at radius 3 is 2.95 bits per heavy atom. The van der Waals surface area contributed by atoms with Crippen LogP contribution in [0.4, 0.5) is 0 Å². The molecule has 3 unspecified atom stereocenters. The predicted molar refractivity (Wildman–Crippen MR) is 86.5 cm³/mol. The number of nitrogens with one attached hydrogen (secondary N) is 1. The molecular formula is C18H28N2O. The van der Waals surface area contributed by atoms with Crippen LogP contribution < -0.4 is 5.32 Å². The lowest BCUT2D eigenvalue weighted by atomic mass is 9.97. The smallest absolute Gasteiger partial charge is 0.0613 e. The Labute approximate surface area is 128 Å². The number of nitrogens with zero attached hydrogens (tertiary/aromatic N) is 1. The van der Waals surface area contributed by atoms with Gasteiger partial charge in [-0.05, 0) is 30.7 Å². The van der Waals surface area contributed by atoms with E-state index >= 15 is 0 Å². The monoisotopic (exact) mass is 288 g/mol. The van der Waals surface area contributed by atoms with E-state index in [1.54, 1.807) is 0 Å². The topological polar surface area (TPSA) is 24.5 Å². The first-order valence-corrected chi connectivity index (χ1v) is 8.46. The molecule has 2 heterocycles. The summed E-state index contributed by atoms with van der Waals surface area (Å²) in [5.41, 5.74) is 1.44. The highest BCUT2D eigenvalue weighted by molar-refractivity contribution is 5.16. The summed E-state index contributed by atoms with van der Waals surface area (Å²) in [4.78, 5) is 2.64. The van der Waals surface area contributed by atoms with Gasteiger partial charge in [-0.1, -0.05) is 37.3 Å². The van der Waals surface area contributed by atoms with Crippen molar-refractivity contribution in [2.24, 2.45) is 5.92 Å². The van der Waals surface area contributed by atoms with E-state index in [2.05, 4.69) is 47.5 Å². The normalized spacial score (nSPS) is 30.6. The summed E-state index contributed by atoms with van der Waals surface area (Å²) >= 11 is 0. The Hall–Kier alpha value is -0.900. The van der Waals surface area contributed by atoms with Gasteiger partial charge in [0.1, 0.15) is 0 Å². The van der Waals surface area contributed by atoms with Gasteiger partial charge >= 0.3 is 0 Å². The molecule has 1 aromatic carbocycles. The van der Waals surface area contributed by atoms with Crippen LogP contribution in [0.25, 0.3) is 0 Å². The first kappa shape index (κ1) is 15.0. The summed E-state index contributed by atoms with van der Waals surface area (Å²) in [7, 11) is 0. The molecule has 2 aliphatic heterocycles. The molecule has 0 radical (unpaired) electrons. The summed E-state index contributed by atoms with van der Waals surface area (Å²) in [6, 6.07) is 11.4. The van der Waals surface area contributed by atoms with Crippen LogP contribution >= 0.6 is 0 Å². The molecule has 1 N–H and O–H groups in total. The van der Waals surface area contributed by atoms with E-state index in [-0.39, 0.29) is 0 Å². The van der Waals surface area contributed by atoms with Crippen LogP contribution in [0.5, 0.6) is 0 Å². The quantitative estimate of drug-likeness (QED) is 0.900. The van der Waals surface area contributed by atoms with Gasteiger partial charge in [0.05, 0.1) is 6.10 Å². The SMILES string of the molecule is CCC1OCCC1CN1CCNC(Cc2ccccc2)C1. The fourth-order valence-electron chi connectivity index (χ4n) is 3.78. The molecular weight excluding hydrogens is 260 g/mol. The molecule has 0 aliphatic carbocycles. The van der Waals surface area contributed by atoms with E-state index in [4.69, 9.17) is 4.74 Å². The molecule has 3 nitrogen and oxygen atoms in total. The van der Waals surface area contributed by atoms with Crippen molar-refractivity contribution >= 4 is 0 Å². The molecule has 2 fully saturated rings. The Morgan fingerprint density at radius 2 is 2.14 bits per heavy atom. The van der Waals surface area contributed by atoms with E-state index in [1.165, 1.54) is 31.6 Å². The number of piperazine rings is 1. The lowest BCUT2D eigenvalue weighted by Crippen LogP contribution is -2.53. The second-order valence-corrected chi connectivity index (χ2v) is 6.47. The molecule has 0 saturated carbocycles. The van der Waals surface area contributed by atoms with E-state index in [1.807, 2.05) is 0 Å². The minimum absolute atomic E-state index is 0.493. The van der Waals surface area contributed by atoms with Crippen molar-refractivity contribution in [2.45, 2.75) is 38.3 Å². The van der Waals surface area contributed by atoms with Crippen LogP contribution in [0.2, 0.25) is 0 Å². The van der Waals surface area contributed by atoms with Crippen LogP contribution in [-0.2, 0) is 11.2 Å². The van der Waals surface area contributed by atoms with Crippen molar-refractivity contribution in [3.63, 3.8) is 0 Å². The third-order valence-electron chi connectivity index (χ3n) is 4.91. The van der Waals surface area contributed by atoms with Crippen molar-refractivity contribution in [1.29, 1.82) is 0 Å². The van der Waals surface area contributed by atoms with Crippen molar-refractivity contribution in [2.75, 3.05) is 32.8 Å². The van der Waals surface area contributed by atoms with Crippen molar-refractivity contribution < 1.29 is 4.74 Å². The highest BCUT2D eigenvalue weighted by atomic mass is 16.5. The fraction of sp³-hybridized carbons (Fsp3) is 0.667. The second kappa shape index (κ2) is 7.39. The van der Waals surface area contributed by atoms with Crippen LogP contribution in [-0.4, -0.2) is 49.8 Å². The van der Waals surface area contributed by atoms with Gasteiger partial charge in [-0.2, -0.15) is 0 Å². The summed E-state index contributed by atoms with van der Waals surface area (Å²) in [5, 5.41) is 3.67. The highest BCUT2D eigenvalue weighted by Gasteiger charge is 2.30. The molecule has 3 rings (SSSR count). The maximum atomic E-state index is 5.84. The predicted octanol–water partition coefficient (Wildman–Crippen LogP) is 2.32. The highest BCUT2D eigenvalue weighted by Crippen LogP contribution is 2.24. The first-order valence-electron chi connectivity index (χ1n) is 8.46. The van der Waals surface area contributed by atoms with Crippen LogP contribution in [0.15, 0.2) is 30.3 Å². The van der Waals surface area contributed by atoms with Crippen molar-refractivity contribution in [1.82, 2.24) is 10.2 Å². The molecule has 1 aromatic rings. The summed E-state index contributed by atoms with van der Waals surface area (Å²) < 4.78 is 5.84. The Morgan fingerprint density at radius 1 is 1.29 bits per heavy atom. The van der Waals surface area contributed by atoms with Gasteiger partial charge in [-0.25, -0.2) is 0 Å². The fourth-order valence-corrected chi connectivity index (χ4v) is 3.78. The van der Waals surface area contributed by atoms with E-state index in [0.29, 0.717) is 12.1 Å². The third kappa shape index (κ3) is 4.06. The third-order valence-corrected chi connectivity index (χ3v) is 4.91. The number of hydrogen-bond donors (Lipinski definition) is 1. The van der Waals surface area contributed by atoms with Crippen molar-refractivity contribution in [3.05, 3.63) is 35.9 Å². The largest absolute Gasteiger partial charge is 0.378 e. The Balaban J connectivity index is 1.51. The summed E-state index contributed by atoms with van der Waals surface area (Å²) in [5.74, 6) is 0.741. The second-order valence-electron chi connectivity index (χ2n) is 6.47. The summed E-state index contributed by atoms with van der Waals surface area (Å²) in [6.45, 7) is 7.88. The van der Waals surface area contributed by atoms with Gasteiger partial charge in [0, 0.05) is 38.8 Å².